The summed E-state index contributed by atoms with van der Waals surface area (Å²) in [6, 6.07) is 10.4. The van der Waals surface area contributed by atoms with Crippen molar-refractivity contribution in [3.63, 3.8) is 0 Å². The lowest BCUT2D eigenvalue weighted by Gasteiger charge is -2.09. The third-order valence-corrected chi connectivity index (χ3v) is 3.65. The first kappa shape index (κ1) is 19.6. The van der Waals surface area contributed by atoms with Crippen molar-refractivity contribution in [3.05, 3.63) is 68.3 Å². The molecule has 0 saturated heterocycles. The highest BCUT2D eigenvalue weighted by Gasteiger charge is 2.17. The first-order valence-electron chi connectivity index (χ1n) is 8.21. The highest BCUT2D eigenvalue weighted by molar-refractivity contribution is 5.95. The van der Waals surface area contributed by atoms with E-state index < -0.39 is 15.8 Å². The number of nitrogens with zero attached hydrogens (tertiary/aromatic N) is 2. The van der Waals surface area contributed by atoms with Gasteiger partial charge in [0.15, 0.2) is 0 Å². The summed E-state index contributed by atoms with van der Waals surface area (Å²) in [7, 11) is 0. The molecule has 0 aliphatic carbocycles. The summed E-state index contributed by atoms with van der Waals surface area (Å²) in [4.78, 5) is 33.2. The number of rotatable bonds is 9. The van der Waals surface area contributed by atoms with Gasteiger partial charge >= 0.3 is 0 Å². The zero-order valence-corrected chi connectivity index (χ0v) is 14.6. The maximum absolute atomic E-state index is 12.2. The van der Waals surface area contributed by atoms with Crippen LogP contribution in [-0.4, -0.2) is 35.4 Å². The van der Waals surface area contributed by atoms with Crippen molar-refractivity contribution in [2.45, 2.75) is 6.92 Å². The number of hydrogen-bond donors (Lipinski definition) is 3. The molecule has 0 atom stereocenters. The Kier molecular flexibility index (Phi) is 6.64. The van der Waals surface area contributed by atoms with Crippen LogP contribution in [0.1, 0.15) is 17.3 Å². The molecule has 10 nitrogen and oxygen atoms in total. The molecule has 142 valence electrons. The molecular weight excluding hydrogens is 354 g/mol. The monoisotopic (exact) mass is 373 g/mol. The van der Waals surface area contributed by atoms with Crippen molar-refractivity contribution in [2.75, 3.05) is 30.3 Å². The molecule has 0 unspecified atom stereocenters. The van der Waals surface area contributed by atoms with Crippen molar-refractivity contribution in [3.8, 4) is 0 Å². The third-order valence-electron chi connectivity index (χ3n) is 3.65. The van der Waals surface area contributed by atoms with E-state index in [0.717, 1.165) is 0 Å². The molecule has 0 aliphatic heterocycles. The van der Waals surface area contributed by atoms with Gasteiger partial charge in [-0.1, -0.05) is 12.1 Å². The van der Waals surface area contributed by atoms with Gasteiger partial charge in [-0.2, -0.15) is 0 Å². The number of hydrogen-bond acceptors (Lipinski definition) is 7. The van der Waals surface area contributed by atoms with Gasteiger partial charge in [-0.3, -0.25) is 25.0 Å². The topological polar surface area (TPSA) is 139 Å². The normalized spacial score (nSPS) is 10.1. The van der Waals surface area contributed by atoms with Crippen LogP contribution in [0.5, 0.6) is 0 Å². The summed E-state index contributed by atoms with van der Waals surface area (Å²) in [5.74, 6) is -0.467. The van der Waals surface area contributed by atoms with Gasteiger partial charge in [0.2, 0.25) is 0 Å². The Labute approximate surface area is 154 Å². The molecular formula is C17H19N5O5. The summed E-state index contributed by atoms with van der Waals surface area (Å²) >= 11 is 0. The highest BCUT2D eigenvalue weighted by Crippen LogP contribution is 2.25. The second-order valence-electron chi connectivity index (χ2n) is 5.48. The van der Waals surface area contributed by atoms with Crippen LogP contribution in [0.25, 0.3) is 0 Å². The SMILES string of the molecule is CCNc1ccc(C(=O)NCCNc2ccccc2[N+](=O)[O-])cc1[N+](=O)[O-]. The second-order valence-corrected chi connectivity index (χ2v) is 5.48. The Bertz CT molecular complexity index is 855. The van der Waals surface area contributed by atoms with Crippen LogP contribution in [-0.2, 0) is 0 Å². The summed E-state index contributed by atoms with van der Waals surface area (Å²) < 4.78 is 0. The van der Waals surface area contributed by atoms with E-state index in [4.69, 9.17) is 0 Å². The molecule has 1 amide bonds. The van der Waals surface area contributed by atoms with Gasteiger partial charge in [0.05, 0.1) is 9.85 Å². The predicted octanol–water partition coefficient (Wildman–Crippen LogP) is 2.78. The van der Waals surface area contributed by atoms with E-state index in [1.807, 2.05) is 6.92 Å². The van der Waals surface area contributed by atoms with Crippen LogP contribution in [0.4, 0.5) is 22.7 Å². The van der Waals surface area contributed by atoms with E-state index >= 15 is 0 Å². The predicted molar refractivity (Wildman–Crippen MR) is 101 cm³/mol. The average molecular weight is 373 g/mol. The first-order valence-corrected chi connectivity index (χ1v) is 8.21. The number of anilines is 2. The molecule has 10 heteroatoms. The fourth-order valence-electron chi connectivity index (χ4n) is 2.42. The quantitative estimate of drug-likeness (QED) is 0.349. The molecule has 0 aromatic heterocycles. The third kappa shape index (κ3) is 5.14. The molecule has 27 heavy (non-hydrogen) atoms. The van der Waals surface area contributed by atoms with E-state index in [1.54, 1.807) is 18.2 Å². The molecule has 0 saturated carbocycles. The zero-order chi connectivity index (χ0) is 19.8. The number of carbonyl (C=O) groups is 1. The van der Waals surface area contributed by atoms with Crippen LogP contribution in [0, 0.1) is 20.2 Å². The molecule has 3 N–H and O–H groups in total. The lowest BCUT2D eigenvalue weighted by atomic mass is 10.1. The number of nitro groups is 2. The van der Waals surface area contributed by atoms with Gasteiger partial charge in [-0.05, 0) is 25.1 Å². The lowest BCUT2D eigenvalue weighted by molar-refractivity contribution is -0.384. The van der Waals surface area contributed by atoms with Crippen LogP contribution >= 0.6 is 0 Å². The number of amides is 1. The fourth-order valence-corrected chi connectivity index (χ4v) is 2.42. The number of para-hydroxylation sites is 2. The molecule has 0 fully saturated rings. The number of nitro benzene ring substituents is 2. The van der Waals surface area contributed by atoms with Gasteiger partial charge in [0.25, 0.3) is 17.3 Å². The zero-order valence-electron chi connectivity index (χ0n) is 14.6. The van der Waals surface area contributed by atoms with E-state index in [9.17, 15) is 25.0 Å². The number of benzene rings is 2. The van der Waals surface area contributed by atoms with E-state index in [1.165, 1.54) is 24.3 Å². The van der Waals surface area contributed by atoms with E-state index in [0.29, 0.717) is 17.9 Å². The van der Waals surface area contributed by atoms with Crippen molar-refractivity contribution in [2.24, 2.45) is 0 Å². The Morgan fingerprint density at radius 2 is 1.59 bits per heavy atom. The fraction of sp³-hybridized carbons (Fsp3) is 0.235. The molecule has 0 spiro atoms. The van der Waals surface area contributed by atoms with Gasteiger partial charge in [-0.15, -0.1) is 0 Å². The molecule has 0 bridgehead atoms. The van der Waals surface area contributed by atoms with Gasteiger partial charge in [0.1, 0.15) is 11.4 Å². The summed E-state index contributed by atoms with van der Waals surface area (Å²) in [5.41, 5.74) is 0.620. The van der Waals surface area contributed by atoms with Crippen LogP contribution < -0.4 is 16.0 Å². The minimum absolute atomic E-state index is 0.0570. The Morgan fingerprint density at radius 3 is 2.26 bits per heavy atom. The number of nitrogens with one attached hydrogen (secondary N) is 3. The Hall–Kier alpha value is -3.69. The van der Waals surface area contributed by atoms with Crippen molar-refractivity contribution >= 4 is 28.7 Å². The maximum Gasteiger partial charge on any atom is 0.293 e. The first-order chi connectivity index (χ1) is 12.9. The minimum atomic E-state index is -0.551. The van der Waals surface area contributed by atoms with E-state index in [-0.39, 0.29) is 30.0 Å². The average Bonchev–Trinajstić information content (AvgIpc) is 2.65. The molecule has 0 aliphatic rings. The molecule has 0 heterocycles. The van der Waals surface area contributed by atoms with Gasteiger partial charge < -0.3 is 16.0 Å². The van der Waals surface area contributed by atoms with Crippen molar-refractivity contribution in [1.82, 2.24) is 5.32 Å². The van der Waals surface area contributed by atoms with Crippen molar-refractivity contribution in [1.29, 1.82) is 0 Å². The van der Waals surface area contributed by atoms with Crippen LogP contribution in [0.3, 0.4) is 0 Å². The van der Waals surface area contributed by atoms with Crippen LogP contribution in [0.15, 0.2) is 42.5 Å². The van der Waals surface area contributed by atoms with Crippen molar-refractivity contribution < 1.29 is 14.6 Å². The molecule has 0 radical (unpaired) electrons. The molecule has 2 aromatic rings. The summed E-state index contributed by atoms with van der Waals surface area (Å²) in [6.45, 7) is 2.78. The van der Waals surface area contributed by atoms with Gasteiger partial charge in [0, 0.05) is 37.3 Å². The molecule has 2 rings (SSSR count). The second kappa shape index (κ2) is 9.13. The Balaban J connectivity index is 1.95. The summed E-state index contributed by atoms with van der Waals surface area (Å²) in [5, 5.41) is 30.5. The van der Waals surface area contributed by atoms with E-state index in [2.05, 4.69) is 16.0 Å². The lowest BCUT2D eigenvalue weighted by Crippen LogP contribution is -2.28. The molecule has 2 aromatic carbocycles. The smallest absolute Gasteiger partial charge is 0.293 e. The Morgan fingerprint density at radius 1 is 0.926 bits per heavy atom. The number of carbonyl (C=O) groups excluding carboxylic acids is 1. The minimum Gasteiger partial charge on any atom is -0.380 e. The summed E-state index contributed by atoms with van der Waals surface area (Å²) in [6.07, 6.45) is 0. The van der Waals surface area contributed by atoms with Crippen LogP contribution in [0.2, 0.25) is 0 Å². The maximum atomic E-state index is 12.2. The standard InChI is InChI=1S/C17H19N5O5/c1-2-18-14-8-7-12(11-16(14)22(26)27)17(23)20-10-9-19-13-5-3-4-6-15(13)21(24)25/h3-8,11,18-19H,2,9-10H2,1H3,(H,20,23). The largest absolute Gasteiger partial charge is 0.380 e. The highest BCUT2D eigenvalue weighted by atomic mass is 16.6. The van der Waals surface area contributed by atoms with Gasteiger partial charge in [-0.25, -0.2) is 0 Å².